The molecule has 24 heavy (non-hydrogen) atoms. The number of fused-ring (bicyclic) bond motifs is 1. The van der Waals surface area contributed by atoms with Gasteiger partial charge in [-0.25, -0.2) is 0 Å². The van der Waals surface area contributed by atoms with Crippen molar-refractivity contribution in [3.63, 3.8) is 0 Å². The Morgan fingerprint density at radius 3 is 2.83 bits per heavy atom. The fraction of sp³-hybridized carbons (Fsp3) is 0.579. The Morgan fingerprint density at radius 2 is 2.17 bits per heavy atom. The van der Waals surface area contributed by atoms with Crippen LogP contribution in [0.3, 0.4) is 0 Å². The summed E-state index contributed by atoms with van der Waals surface area (Å²) in [5.41, 5.74) is 1.82. The Balaban J connectivity index is 1.66. The van der Waals surface area contributed by atoms with Crippen molar-refractivity contribution in [3.05, 3.63) is 35.5 Å². The Hall–Kier alpha value is -1.88. The molecule has 0 aromatic carbocycles. The van der Waals surface area contributed by atoms with Gasteiger partial charge >= 0.3 is 5.97 Å². The lowest BCUT2D eigenvalue weighted by Crippen LogP contribution is -2.39. The van der Waals surface area contributed by atoms with Gasteiger partial charge < -0.3 is 14.7 Å². The van der Waals surface area contributed by atoms with Gasteiger partial charge in [0.1, 0.15) is 11.5 Å². The molecular formula is C19H25NO4. The van der Waals surface area contributed by atoms with Crippen molar-refractivity contribution in [2.45, 2.75) is 45.3 Å². The molecule has 3 heterocycles. The van der Waals surface area contributed by atoms with E-state index in [1.54, 1.807) is 11.0 Å². The number of likely N-dealkylation sites (tertiary alicyclic amines) is 1. The van der Waals surface area contributed by atoms with Crippen LogP contribution in [-0.2, 0) is 14.3 Å². The number of carboxylic acid groups (broad SMARTS) is 1. The van der Waals surface area contributed by atoms with E-state index >= 15 is 0 Å². The van der Waals surface area contributed by atoms with E-state index in [1.165, 1.54) is 11.1 Å². The second-order valence-electron chi connectivity index (χ2n) is 7.33. The molecule has 0 unspecified atom stereocenters. The zero-order chi connectivity index (χ0) is 17.5. The summed E-state index contributed by atoms with van der Waals surface area (Å²) in [6.07, 6.45) is 9.48. The number of allylic oxidation sites excluding steroid dienone is 3. The van der Waals surface area contributed by atoms with Crippen molar-refractivity contribution in [2.24, 2.45) is 11.8 Å². The first kappa shape index (κ1) is 17.0. The van der Waals surface area contributed by atoms with E-state index < -0.39 is 29.5 Å². The number of hydrogen-bond donors (Lipinski definition) is 1. The molecule has 0 aromatic heterocycles. The molecule has 0 saturated carbocycles. The molecule has 1 N–H and O–H groups in total. The number of nitrogens with zero attached hydrogens (tertiary/aromatic N) is 1. The van der Waals surface area contributed by atoms with E-state index in [0.29, 0.717) is 13.1 Å². The lowest BCUT2D eigenvalue weighted by Gasteiger charge is -2.21. The lowest BCUT2D eigenvalue weighted by atomic mass is 9.77. The molecule has 3 aliphatic rings. The van der Waals surface area contributed by atoms with Gasteiger partial charge in [-0.05, 0) is 33.6 Å². The van der Waals surface area contributed by atoms with E-state index in [2.05, 4.69) is 32.9 Å². The summed E-state index contributed by atoms with van der Waals surface area (Å²) in [7, 11) is 0. The van der Waals surface area contributed by atoms with E-state index in [-0.39, 0.29) is 5.91 Å². The largest absolute Gasteiger partial charge is 0.481 e. The minimum atomic E-state index is -0.945. The molecule has 0 radical (unpaired) electrons. The number of carboxylic acids is 1. The Labute approximate surface area is 142 Å². The first-order valence-electron chi connectivity index (χ1n) is 8.52. The fourth-order valence-corrected chi connectivity index (χ4v) is 3.97. The van der Waals surface area contributed by atoms with E-state index in [0.717, 1.165) is 12.8 Å². The predicted octanol–water partition coefficient (Wildman–Crippen LogP) is 2.55. The quantitative estimate of drug-likeness (QED) is 0.760. The number of amides is 1. The second kappa shape index (κ2) is 6.20. The van der Waals surface area contributed by atoms with E-state index in [4.69, 9.17) is 4.74 Å². The monoisotopic (exact) mass is 331 g/mol. The Kier molecular flexibility index (Phi) is 4.38. The van der Waals surface area contributed by atoms with Gasteiger partial charge in [0.2, 0.25) is 5.91 Å². The number of ether oxygens (including phenoxy) is 1. The number of aliphatic carboxylic acids is 1. The second-order valence-corrected chi connectivity index (χ2v) is 7.33. The standard InChI is InChI=1S/C19H25NO4/c1-12(2)5-4-6-13(3)8-10-20-11-19-9-7-14(24-19)15(18(22)23)16(19)17(20)21/h5,7-9,14-16H,4,6,10-11H2,1-3H3,(H,22,23)/b13-8+/t14-,15+,16-,19-/m1/s1. The minimum Gasteiger partial charge on any atom is -0.481 e. The Bertz CT molecular complexity index is 644. The number of rotatable bonds is 6. The van der Waals surface area contributed by atoms with Crippen molar-refractivity contribution in [2.75, 3.05) is 13.1 Å². The molecule has 2 bridgehead atoms. The number of carbonyl (C=O) groups is 2. The van der Waals surface area contributed by atoms with Crippen LogP contribution in [0.15, 0.2) is 35.5 Å². The van der Waals surface area contributed by atoms with Crippen LogP contribution in [0.5, 0.6) is 0 Å². The highest BCUT2D eigenvalue weighted by Gasteiger charge is 2.66. The summed E-state index contributed by atoms with van der Waals surface area (Å²) in [6, 6.07) is 0. The number of carbonyl (C=O) groups excluding carboxylic acids is 1. The maximum atomic E-state index is 12.7. The fourth-order valence-electron chi connectivity index (χ4n) is 3.97. The molecule has 1 spiro atoms. The molecule has 2 saturated heterocycles. The molecule has 3 aliphatic heterocycles. The van der Waals surface area contributed by atoms with Crippen LogP contribution in [0.4, 0.5) is 0 Å². The highest BCUT2D eigenvalue weighted by molar-refractivity contribution is 5.90. The highest BCUT2D eigenvalue weighted by Crippen LogP contribution is 2.51. The average molecular weight is 331 g/mol. The summed E-state index contributed by atoms with van der Waals surface area (Å²) < 4.78 is 5.87. The highest BCUT2D eigenvalue weighted by atomic mass is 16.5. The third-order valence-electron chi connectivity index (χ3n) is 5.22. The molecular weight excluding hydrogens is 306 g/mol. The van der Waals surface area contributed by atoms with Gasteiger partial charge in [0.15, 0.2) is 0 Å². The SMILES string of the molecule is CC(C)=CCC/C(C)=C/CN1C[C@@]23C=C[C@@H](O2)[C@H](C(=O)O)[C@@H]3C1=O. The predicted molar refractivity (Wildman–Crippen MR) is 90.4 cm³/mol. The van der Waals surface area contributed by atoms with Crippen LogP contribution in [0.25, 0.3) is 0 Å². The van der Waals surface area contributed by atoms with Crippen LogP contribution in [0.1, 0.15) is 33.6 Å². The van der Waals surface area contributed by atoms with Gasteiger partial charge in [-0.15, -0.1) is 0 Å². The molecule has 5 nitrogen and oxygen atoms in total. The lowest BCUT2D eigenvalue weighted by molar-refractivity contribution is -0.147. The molecule has 0 aromatic rings. The minimum absolute atomic E-state index is 0.0948. The zero-order valence-electron chi connectivity index (χ0n) is 14.5. The molecule has 5 heteroatoms. The molecule has 4 atom stereocenters. The maximum Gasteiger partial charge on any atom is 0.310 e. The maximum absolute atomic E-state index is 12.7. The Morgan fingerprint density at radius 1 is 1.42 bits per heavy atom. The van der Waals surface area contributed by atoms with Gasteiger partial charge in [-0.3, -0.25) is 9.59 Å². The van der Waals surface area contributed by atoms with Crippen molar-refractivity contribution >= 4 is 11.9 Å². The van der Waals surface area contributed by atoms with Crippen molar-refractivity contribution in [1.82, 2.24) is 4.90 Å². The van der Waals surface area contributed by atoms with Crippen LogP contribution >= 0.6 is 0 Å². The third kappa shape index (κ3) is 2.81. The first-order valence-corrected chi connectivity index (χ1v) is 8.52. The summed E-state index contributed by atoms with van der Waals surface area (Å²) in [4.78, 5) is 26.0. The average Bonchev–Trinajstić information content (AvgIpc) is 3.13. The van der Waals surface area contributed by atoms with Gasteiger partial charge in [0.25, 0.3) is 0 Å². The van der Waals surface area contributed by atoms with Crippen LogP contribution in [0, 0.1) is 11.8 Å². The van der Waals surface area contributed by atoms with E-state index in [1.807, 2.05) is 6.08 Å². The van der Waals surface area contributed by atoms with Gasteiger partial charge in [0, 0.05) is 6.54 Å². The van der Waals surface area contributed by atoms with Gasteiger partial charge in [-0.1, -0.05) is 35.5 Å². The normalized spacial score (nSPS) is 34.0. The molecule has 3 rings (SSSR count). The summed E-state index contributed by atoms with van der Waals surface area (Å²) in [6.45, 7) is 7.21. The van der Waals surface area contributed by atoms with Crippen LogP contribution in [0.2, 0.25) is 0 Å². The van der Waals surface area contributed by atoms with Crippen molar-refractivity contribution < 1.29 is 19.4 Å². The van der Waals surface area contributed by atoms with Crippen molar-refractivity contribution in [1.29, 1.82) is 0 Å². The van der Waals surface area contributed by atoms with Crippen LogP contribution in [-0.4, -0.2) is 46.7 Å². The molecule has 130 valence electrons. The van der Waals surface area contributed by atoms with Crippen molar-refractivity contribution in [3.8, 4) is 0 Å². The molecule has 2 fully saturated rings. The van der Waals surface area contributed by atoms with Gasteiger partial charge in [0.05, 0.1) is 18.6 Å². The third-order valence-corrected chi connectivity index (χ3v) is 5.22. The van der Waals surface area contributed by atoms with E-state index in [9.17, 15) is 14.7 Å². The molecule has 0 aliphatic carbocycles. The summed E-state index contributed by atoms with van der Waals surface area (Å²) in [5.74, 6) is -2.37. The topological polar surface area (TPSA) is 66.8 Å². The summed E-state index contributed by atoms with van der Waals surface area (Å²) in [5, 5.41) is 9.44. The first-order chi connectivity index (χ1) is 11.3. The van der Waals surface area contributed by atoms with Gasteiger partial charge in [-0.2, -0.15) is 0 Å². The smallest absolute Gasteiger partial charge is 0.310 e. The number of hydrogen-bond acceptors (Lipinski definition) is 3. The summed E-state index contributed by atoms with van der Waals surface area (Å²) >= 11 is 0. The zero-order valence-corrected chi connectivity index (χ0v) is 14.5. The van der Waals surface area contributed by atoms with Crippen LogP contribution < -0.4 is 0 Å². The molecule has 1 amide bonds.